The van der Waals surface area contributed by atoms with Gasteiger partial charge < -0.3 is 21.7 Å². The summed E-state index contributed by atoms with van der Waals surface area (Å²) in [7, 11) is 0. The molecule has 2 rings (SSSR count). The van der Waals surface area contributed by atoms with Crippen LogP contribution in [0.4, 0.5) is 37.7 Å². The van der Waals surface area contributed by atoms with Gasteiger partial charge in [0.2, 0.25) is 5.41 Å². The number of alkyl halides is 6. The van der Waals surface area contributed by atoms with Gasteiger partial charge in [0.15, 0.2) is 0 Å². The molecule has 0 aliphatic carbocycles. The van der Waals surface area contributed by atoms with E-state index >= 15 is 0 Å². The van der Waals surface area contributed by atoms with Crippen LogP contribution in [0.25, 0.3) is 0 Å². The molecule has 0 bridgehead atoms. The van der Waals surface area contributed by atoms with E-state index in [0.717, 1.165) is 0 Å². The Labute approximate surface area is 158 Å². The van der Waals surface area contributed by atoms with Crippen LogP contribution in [0.5, 0.6) is 0 Å². The standard InChI is InChI=1S/C17H12F6N2O4/c18-16(19,20)15(17(21,22)23,7-1-3-9(13(26)27)11(24)5-7)8-2-4-10(14(28)29)12(25)6-8/h1-6H,24-25H2,(H,26,27)(H,28,29). The summed E-state index contributed by atoms with van der Waals surface area (Å²) in [6.07, 6.45) is -11.9. The zero-order valence-electron chi connectivity index (χ0n) is 14.1. The number of hydrogen-bond acceptors (Lipinski definition) is 4. The van der Waals surface area contributed by atoms with E-state index in [1.165, 1.54) is 0 Å². The monoisotopic (exact) mass is 422 g/mol. The molecular weight excluding hydrogens is 410 g/mol. The van der Waals surface area contributed by atoms with Gasteiger partial charge in [-0.1, -0.05) is 12.1 Å². The van der Waals surface area contributed by atoms with Crippen LogP contribution >= 0.6 is 0 Å². The summed E-state index contributed by atoms with van der Waals surface area (Å²) in [5.41, 5.74) is 0.267. The van der Waals surface area contributed by atoms with Crippen LogP contribution in [0, 0.1) is 0 Å². The Balaban J connectivity index is 2.95. The van der Waals surface area contributed by atoms with E-state index in [9.17, 15) is 35.9 Å². The first-order chi connectivity index (χ1) is 13.1. The molecule has 0 radical (unpaired) electrons. The molecule has 29 heavy (non-hydrogen) atoms. The maximum atomic E-state index is 14.0. The van der Waals surface area contributed by atoms with Crippen LogP contribution in [-0.4, -0.2) is 34.5 Å². The first-order valence-corrected chi connectivity index (χ1v) is 7.54. The van der Waals surface area contributed by atoms with Crippen molar-refractivity contribution in [2.75, 3.05) is 11.5 Å². The van der Waals surface area contributed by atoms with Crippen molar-refractivity contribution >= 4 is 23.3 Å². The van der Waals surface area contributed by atoms with E-state index in [2.05, 4.69) is 0 Å². The minimum atomic E-state index is -5.97. The van der Waals surface area contributed by atoms with Gasteiger partial charge in [-0.15, -0.1) is 0 Å². The molecule has 156 valence electrons. The molecule has 6 N–H and O–H groups in total. The van der Waals surface area contributed by atoms with Crippen molar-refractivity contribution in [3.8, 4) is 0 Å². The fourth-order valence-electron chi connectivity index (χ4n) is 2.96. The van der Waals surface area contributed by atoms with Gasteiger partial charge in [0.1, 0.15) is 0 Å². The van der Waals surface area contributed by atoms with Crippen LogP contribution in [-0.2, 0) is 5.41 Å². The lowest BCUT2D eigenvalue weighted by Gasteiger charge is -2.38. The quantitative estimate of drug-likeness (QED) is 0.440. The highest BCUT2D eigenvalue weighted by Gasteiger charge is 2.72. The molecule has 2 aromatic carbocycles. The lowest BCUT2D eigenvalue weighted by atomic mass is 9.72. The summed E-state index contributed by atoms with van der Waals surface area (Å²) in [5, 5.41) is 17.8. The third-order valence-corrected chi connectivity index (χ3v) is 4.28. The van der Waals surface area contributed by atoms with E-state index in [1.807, 2.05) is 0 Å². The lowest BCUT2D eigenvalue weighted by molar-refractivity contribution is -0.288. The predicted octanol–water partition coefficient (Wildman–Crippen LogP) is 3.66. The smallest absolute Gasteiger partial charge is 0.411 e. The van der Waals surface area contributed by atoms with Crippen molar-refractivity contribution in [3.05, 3.63) is 58.7 Å². The van der Waals surface area contributed by atoms with E-state index in [0.29, 0.717) is 24.3 Å². The Hall–Kier alpha value is -3.44. The Morgan fingerprint density at radius 1 is 0.690 bits per heavy atom. The van der Waals surface area contributed by atoms with Crippen LogP contribution in [0.1, 0.15) is 31.8 Å². The van der Waals surface area contributed by atoms with Crippen molar-refractivity contribution < 1.29 is 46.1 Å². The first-order valence-electron chi connectivity index (χ1n) is 7.54. The average molecular weight is 422 g/mol. The number of carboxylic acids is 2. The normalized spacial score (nSPS) is 12.6. The summed E-state index contributed by atoms with van der Waals surface area (Å²) >= 11 is 0. The highest BCUT2D eigenvalue weighted by Crippen LogP contribution is 2.56. The molecule has 6 nitrogen and oxygen atoms in total. The van der Waals surface area contributed by atoms with Gasteiger partial charge in [-0.2, -0.15) is 26.3 Å². The second kappa shape index (κ2) is 6.87. The minimum Gasteiger partial charge on any atom is -0.478 e. The number of benzene rings is 2. The predicted molar refractivity (Wildman–Crippen MR) is 88.5 cm³/mol. The summed E-state index contributed by atoms with van der Waals surface area (Å²) in [4.78, 5) is 22.0. The number of hydrogen-bond donors (Lipinski definition) is 4. The number of nitrogens with two attached hydrogens (primary N) is 2. The maximum Gasteiger partial charge on any atom is 0.411 e. The summed E-state index contributed by atoms with van der Waals surface area (Å²) < 4.78 is 83.9. The molecule has 0 aromatic heterocycles. The van der Waals surface area contributed by atoms with E-state index in [4.69, 9.17) is 21.7 Å². The molecule has 0 heterocycles. The van der Waals surface area contributed by atoms with Gasteiger partial charge in [0, 0.05) is 11.4 Å². The number of rotatable bonds is 4. The van der Waals surface area contributed by atoms with Gasteiger partial charge >= 0.3 is 24.3 Å². The second-order valence-corrected chi connectivity index (χ2v) is 5.96. The molecule has 0 saturated heterocycles. The van der Waals surface area contributed by atoms with Crippen molar-refractivity contribution in [2.45, 2.75) is 17.8 Å². The maximum absolute atomic E-state index is 14.0. The highest BCUT2D eigenvalue weighted by molar-refractivity contribution is 5.94. The number of aromatic carboxylic acids is 2. The molecule has 0 aliphatic rings. The Bertz CT molecular complexity index is 905. The fraction of sp³-hybridized carbons (Fsp3) is 0.176. The zero-order valence-corrected chi connectivity index (χ0v) is 14.1. The summed E-state index contributed by atoms with van der Waals surface area (Å²) in [6.45, 7) is 0. The number of halogens is 6. The van der Waals surface area contributed by atoms with Gasteiger partial charge in [-0.3, -0.25) is 0 Å². The lowest BCUT2D eigenvalue weighted by Crippen LogP contribution is -2.54. The van der Waals surface area contributed by atoms with Gasteiger partial charge in [0.05, 0.1) is 11.1 Å². The van der Waals surface area contributed by atoms with Crippen molar-refractivity contribution in [1.29, 1.82) is 0 Å². The number of carbonyl (C=O) groups is 2. The first kappa shape index (κ1) is 21.9. The molecule has 0 aliphatic heterocycles. The highest BCUT2D eigenvalue weighted by atomic mass is 19.4. The molecule has 0 unspecified atom stereocenters. The number of nitrogen functional groups attached to an aromatic ring is 2. The second-order valence-electron chi connectivity index (χ2n) is 5.96. The molecule has 0 spiro atoms. The number of anilines is 2. The van der Waals surface area contributed by atoms with Crippen LogP contribution in [0.2, 0.25) is 0 Å². The van der Waals surface area contributed by atoms with Crippen molar-refractivity contribution in [3.63, 3.8) is 0 Å². The van der Waals surface area contributed by atoms with E-state index in [1.54, 1.807) is 0 Å². The van der Waals surface area contributed by atoms with Gasteiger partial charge in [-0.25, -0.2) is 9.59 Å². The molecule has 0 fully saturated rings. The van der Waals surface area contributed by atoms with Crippen molar-refractivity contribution in [2.24, 2.45) is 0 Å². The third-order valence-electron chi connectivity index (χ3n) is 4.28. The Morgan fingerprint density at radius 2 is 1.00 bits per heavy atom. The van der Waals surface area contributed by atoms with Gasteiger partial charge in [0.25, 0.3) is 0 Å². The average Bonchev–Trinajstić information content (AvgIpc) is 2.52. The van der Waals surface area contributed by atoms with E-state index in [-0.39, 0.29) is 12.1 Å². The topological polar surface area (TPSA) is 127 Å². The molecule has 0 atom stereocenters. The largest absolute Gasteiger partial charge is 0.478 e. The van der Waals surface area contributed by atoms with Crippen LogP contribution in [0.3, 0.4) is 0 Å². The molecule has 0 amide bonds. The minimum absolute atomic E-state index is 0.270. The number of carboxylic acid groups (broad SMARTS) is 2. The third kappa shape index (κ3) is 3.41. The van der Waals surface area contributed by atoms with Crippen molar-refractivity contribution in [1.82, 2.24) is 0 Å². The zero-order chi connectivity index (χ0) is 22.4. The van der Waals surface area contributed by atoms with Crippen LogP contribution in [0.15, 0.2) is 36.4 Å². The van der Waals surface area contributed by atoms with Gasteiger partial charge in [-0.05, 0) is 35.4 Å². The van der Waals surface area contributed by atoms with E-state index < -0.39 is 63.3 Å². The molecule has 12 heteroatoms. The summed E-state index contributed by atoms with van der Waals surface area (Å²) in [6, 6.07) is 2.28. The Morgan fingerprint density at radius 3 is 1.21 bits per heavy atom. The SMILES string of the molecule is Nc1cc(C(c2ccc(C(=O)O)c(N)c2)(C(F)(F)F)C(F)(F)F)ccc1C(=O)O. The molecule has 2 aromatic rings. The molecule has 0 saturated carbocycles. The Kier molecular flexibility index (Phi) is 5.17. The molecular formula is C17H12F6N2O4. The van der Waals surface area contributed by atoms with Crippen LogP contribution < -0.4 is 11.5 Å². The fourth-order valence-corrected chi connectivity index (χ4v) is 2.96. The summed E-state index contributed by atoms with van der Waals surface area (Å²) in [5.74, 6) is -3.29.